The average molecular weight is 515 g/mol. The number of fused-ring (bicyclic) bond motifs is 1. The number of imidazole rings is 1. The summed E-state index contributed by atoms with van der Waals surface area (Å²) in [4.78, 5) is 31.1. The summed E-state index contributed by atoms with van der Waals surface area (Å²) in [6, 6.07) is 5.35. The van der Waals surface area contributed by atoms with E-state index in [0.717, 1.165) is 10.6 Å². The zero-order chi connectivity index (χ0) is 25.5. The van der Waals surface area contributed by atoms with Crippen LogP contribution in [0.15, 0.2) is 66.0 Å². The number of hydrogen-bond donors (Lipinski definition) is 1. The van der Waals surface area contributed by atoms with E-state index >= 15 is 0 Å². The first kappa shape index (κ1) is 26.1. The molecule has 184 valence electrons. The van der Waals surface area contributed by atoms with Gasteiger partial charge in [-0.15, -0.1) is 11.3 Å². The van der Waals surface area contributed by atoms with Crippen molar-refractivity contribution in [2.45, 2.75) is 26.9 Å². The van der Waals surface area contributed by atoms with Crippen molar-refractivity contribution in [1.82, 2.24) is 9.38 Å². The molecule has 3 aromatic heterocycles. The average Bonchev–Trinajstić information content (AvgIpc) is 3.41. The lowest BCUT2D eigenvalue weighted by atomic mass is 10.3. The third kappa shape index (κ3) is 6.52. The Bertz CT molecular complexity index is 1300. The first-order valence-corrected chi connectivity index (χ1v) is 12.1. The Balaban J connectivity index is 1.85. The summed E-state index contributed by atoms with van der Waals surface area (Å²) >= 11 is 7.03. The number of carbonyl (C=O) groups excluding carboxylic acids is 2. The monoisotopic (exact) mass is 514 g/mol. The number of allylic oxidation sites excluding steroid dienone is 5. The van der Waals surface area contributed by atoms with Gasteiger partial charge < -0.3 is 15.2 Å². The zero-order valence-corrected chi connectivity index (χ0v) is 21.5. The normalized spacial score (nSPS) is 13.0. The Morgan fingerprint density at radius 1 is 1.31 bits per heavy atom. The Kier molecular flexibility index (Phi) is 8.73. The Morgan fingerprint density at radius 2 is 2.09 bits per heavy atom. The van der Waals surface area contributed by atoms with Crippen molar-refractivity contribution in [2.75, 3.05) is 18.6 Å². The molecule has 0 saturated heterocycles. The van der Waals surface area contributed by atoms with Crippen LogP contribution in [0.25, 0.3) is 16.2 Å². The van der Waals surface area contributed by atoms with Crippen LogP contribution in [0.1, 0.15) is 30.4 Å². The summed E-state index contributed by atoms with van der Waals surface area (Å²) < 4.78 is 12.9. The molecule has 0 aromatic carbocycles. The van der Waals surface area contributed by atoms with Gasteiger partial charge in [-0.3, -0.25) is 14.1 Å². The Labute approximate surface area is 212 Å². The standard InChI is InChI=1S/C25H27ClN4O4S/c1-5-33-25(32)29(4)18-11-12-30-19(15-28-22(30)13-18)21-14-20(23(35-21)24(27)31)34-17(3)10-8-6-7-9-16(2)26/h6-15,17H,5H2,1-4H3,(H2,27,31)/b7-6-,10-8+,16-9+. The molecule has 35 heavy (non-hydrogen) atoms. The van der Waals surface area contributed by atoms with Gasteiger partial charge in [-0.2, -0.15) is 0 Å². The number of carbonyl (C=O) groups is 2. The molecule has 10 heteroatoms. The number of anilines is 1. The van der Waals surface area contributed by atoms with Crippen LogP contribution in [0.4, 0.5) is 10.5 Å². The van der Waals surface area contributed by atoms with Crippen molar-refractivity contribution >= 4 is 46.3 Å². The molecular formula is C25H27ClN4O4S. The van der Waals surface area contributed by atoms with Crippen molar-refractivity contribution in [3.05, 3.63) is 70.9 Å². The summed E-state index contributed by atoms with van der Waals surface area (Å²) in [6.07, 6.45) is 11.9. The van der Waals surface area contributed by atoms with E-state index in [-0.39, 0.29) is 6.10 Å². The molecule has 0 fully saturated rings. The fraction of sp³-hybridized carbons (Fsp3) is 0.240. The fourth-order valence-electron chi connectivity index (χ4n) is 3.16. The van der Waals surface area contributed by atoms with E-state index in [1.807, 2.05) is 41.8 Å². The van der Waals surface area contributed by atoms with Gasteiger partial charge in [-0.05, 0) is 39.0 Å². The molecule has 0 spiro atoms. The van der Waals surface area contributed by atoms with Crippen LogP contribution in [-0.4, -0.2) is 41.1 Å². The number of aromatic nitrogens is 2. The molecular weight excluding hydrogens is 488 g/mol. The van der Waals surface area contributed by atoms with E-state index in [0.29, 0.717) is 33.6 Å². The van der Waals surface area contributed by atoms with Gasteiger partial charge in [0.1, 0.15) is 22.4 Å². The van der Waals surface area contributed by atoms with Crippen LogP contribution in [0.5, 0.6) is 5.75 Å². The SMILES string of the molecule is CCOC(=O)N(C)c1ccn2c(-c3cc(OC(C)/C=C/C=C\C=C(/C)Cl)c(C(N)=O)s3)cnc2c1. The fourth-order valence-corrected chi connectivity index (χ4v) is 4.18. The number of amides is 2. The van der Waals surface area contributed by atoms with E-state index in [2.05, 4.69) is 4.98 Å². The number of rotatable bonds is 9. The van der Waals surface area contributed by atoms with Crippen molar-refractivity contribution in [3.63, 3.8) is 0 Å². The number of hydrogen-bond acceptors (Lipinski definition) is 6. The third-order valence-corrected chi connectivity index (χ3v) is 6.12. The third-order valence-electron chi connectivity index (χ3n) is 4.84. The lowest BCUT2D eigenvalue weighted by molar-refractivity contribution is 0.0999. The van der Waals surface area contributed by atoms with Crippen LogP contribution in [0, 0.1) is 0 Å². The first-order chi connectivity index (χ1) is 16.7. The van der Waals surface area contributed by atoms with Crippen LogP contribution in [0.2, 0.25) is 0 Å². The second-order valence-electron chi connectivity index (χ2n) is 7.53. The van der Waals surface area contributed by atoms with Crippen molar-refractivity contribution in [3.8, 4) is 16.3 Å². The lowest BCUT2D eigenvalue weighted by Crippen LogP contribution is -2.27. The lowest BCUT2D eigenvalue weighted by Gasteiger charge is -2.16. The molecule has 3 aromatic rings. The minimum atomic E-state index is -0.567. The molecule has 8 nitrogen and oxygen atoms in total. The van der Waals surface area contributed by atoms with E-state index < -0.39 is 12.0 Å². The molecule has 0 radical (unpaired) electrons. The maximum atomic E-state index is 12.1. The molecule has 0 saturated carbocycles. The number of thiophene rings is 1. The Morgan fingerprint density at radius 3 is 2.77 bits per heavy atom. The van der Waals surface area contributed by atoms with Gasteiger partial charge >= 0.3 is 6.09 Å². The van der Waals surface area contributed by atoms with Gasteiger partial charge in [0.2, 0.25) is 0 Å². The minimum Gasteiger partial charge on any atom is -0.485 e. The summed E-state index contributed by atoms with van der Waals surface area (Å²) in [6.45, 7) is 5.71. The van der Waals surface area contributed by atoms with E-state index in [9.17, 15) is 9.59 Å². The van der Waals surface area contributed by atoms with Crippen LogP contribution in [-0.2, 0) is 4.74 Å². The highest BCUT2D eigenvalue weighted by atomic mass is 35.5. The number of ether oxygens (including phenoxy) is 2. The molecule has 0 aliphatic carbocycles. The number of halogens is 1. The molecule has 0 aliphatic rings. The Hall–Kier alpha value is -3.56. The van der Waals surface area contributed by atoms with Gasteiger partial charge in [0.05, 0.1) is 29.1 Å². The van der Waals surface area contributed by atoms with Gasteiger partial charge in [-0.25, -0.2) is 9.78 Å². The van der Waals surface area contributed by atoms with Crippen molar-refractivity contribution in [2.24, 2.45) is 5.73 Å². The number of primary amides is 1. The molecule has 1 unspecified atom stereocenters. The zero-order valence-electron chi connectivity index (χ0n) is 19.9. The topological polar surface area (TPSA) is 99.2 Å². The molecule has 1 atom stereocenters. The van der Waals surface area contributed by atoms with Gasteiger partial charge in [0, 0.05) is 30.4 Å². The summed E-state index contributed by atoms with van der Waals surface area (Å²) in [5.41, 5.74) is 7.66. The summed E-state index contributed by atoms with van der Waals surface area (Å²) in [5.74, 6) is -0.161. The predicted molar refractivity (Wildman–Crippen MR) is 140 cm³/mol. The number of nitrogens with two attached hydrogens (primary N) is 1. The smallest absolute Gasteiger partial charge is 0.413 e. The van der Waals surface area contributed by atoms with Crippen LogP contribution >= 0.6 is 22.9 Å². The second-order valence-corrected chi connectivity index (χ2v) is 9.18. The highest BCUT2D eigenvalue weighted by Crippen LogP contribution is 2.37. The predicted octanol–water partition coefficient (Wildman–Crippen LogP) is 5.78. The van der Waals surface area contributed by atoms with Crippen LogP contribution < -0.4 is 15.4 Å². The van der Waals surface area contributed by atoms with Gasteiger partial charge in [-0.1, -0.05) is 29.8 Å². The van der Waals surface area contributed by atoms with E-state index in [1.54, 1.807) is 51.4 Å². The second kappa shape index (κ2) is 11.7. The largest absolute Gasteiger partial charge is 0.485 e. The molecule has 2 amide bonds. The molecule has 3 heterocycles. The number of pyridine rings is 1. The highest BCUT2D eigenvalue weighted by molar-refractivity contribution is 7.17. The minimum absolute atomic E-state index is 0.292. The maximum Gasteiger partial charge on any atom is 0.413 e. The number of nitrogens with zero attached hydrogens (tertiary/aromatic N) is 3. The first-order valence-electron chi connectivity index (χ1n) is 10.9. The molecule has 0 bridgehead atoms. The summed E-state index contributed by atoms with van der Waals surface area (Å²) in [7, 11) is 1.64. The van der Waals surface area contributed by atoms with Gasteiger partial charge in [0.25, 0.3) is 5.91 Å². The van der Waals surface area contributed by atoms with E-state index in [4.69, 9.17) is 26.8 Å². The highest BCUT2D eigenvalue weighted by Gasteiger charge is 2.20. The van der Waals surface area contributed by atoms with E-state index in [1.165, 1.54) is 16.2 Å². The van der Waals surface area contributed by atoms with Crippen molar-refractivity contribution < 1.29 is 19.1 Å². The quantitative estimate of drug-likeness (QED) is 0.365. The van der Waals surface area contributed by atoms with Crippen LogP contribution in [0.3, 0.4) is 0 Å². The maximum absolute atomic E-state index is 12.1. The summed E-state index contributed by atoms with van der Waals surface area (Å²) in [5, 5.41) is 0.686. The van der Waals surface area contributed by atoms with Crippen molar-refractivity contribution in [1.29, 1.82) is 0 Å². The molecule has 2 N–H and O–H groups in total. The molecule has 0 aliphatic heterocycles. The molecule has 3 rings (SSSR count). The van der Waals surface area contributed by atoms with Gasteiger partial charge in [0.15, 0.2) is 0 Å².